The molecule has 1 atom stereocenters. The summed E-state index contributed by atoms with van der Waals surface area (Å²) in [7, 11) is -3.23. The lowest BCUT2D eigenvalue weighted by atomic mass is 9.89. The van der Waals surface area contributed by atoms with E-state index >= 15 is 0 Å². The van der Waals surface area contributed by atoms with Crippen LogP contribution in [0.3, 0.4) is 0 Å². The Morgan fingerprint density at radius 2 is 2.05 bits per heavy atom. The van der Waals surface area contributed by atoms with E-state index in [2.05, 4.69) is 5.32 Å². The molecule has 20 heavy (non-hydrogen) atoms. The zero-order valence-electron chi connectivity index (χ0n) is 11.1. The molecular weight excluding hydrogens is 302 g/mol. The van der Waals surface area contributed by atoms with Crippen molar-refractivity contribution in [3.8, 4) is 0 Å². The zero-order chi connectivity index (χ0) is 14.8. The highest BCUT2D eigenvalue weighted by Gasteiger charge is 2.38. The molecule has 1 aliphatic heterocycles. The van der Waals surface area contributed by atoms with E-state index in [-0.39, 0.29) is 16.7 Å². The standard InChI is InChI=1S/C13H16ClNO4S/c1-20(17,18)11-4-2-10(3-5-11)13(6-7-19-9-13)15-12(16)8-14/h2-5H,6-9H2,1H3,(H,15,16). The molecule has 1 aromatic carbocycles. The Bertz CT molecular complexity index is 591. The van der Waals surface area contributed by atoms with Crippen molar-refractivity contribution in [1.29, 1.82) is 0 Å². The van der Waals surface area contributed by atoms with E-state index in [1.165, 1.54) is 12.1 Å². The first-order valence-electron chi connectivity index (χ1n) is 6.13. The number of carbonyl (C=O) groups is 1. The first kappa shape index (κ1) is 15.3. The molecule has 7 heteroatoms. The van der Waals surface area contributed by atoms with E-state index < -0.39 is 15.4 Å². The van der Waals surface area contributed by atoms with Gasteiger partial charge in [0.25, 0.3) is 0 Å². The molecule has 0 spiro atoms. The molecule has 2 rings (SSSR count). The van der Waals surface area contributed by atoms with Crippen LogP contribution < -0.4 is 5.32 Å². The third kappa shape index (κ3) is 3.13. The van der Waals surface area contributed by atoms with Gasteiger partial charge in [-0.2, -0.15) is 0 Å². The van der Waals surface area contributed by atoms with Crippen LogP contribution in [0, 0.1) is 0 Å². The molecule has 1 heterocycles. The average Bonchev–Trinajstić information content (AvgIpc) is 2.87. The Labute approximate surface area is 123 Å². The highest BCUT2D eigenvalue weighted by molar-refractivity contribution is 7.90. The predicted molar refractivity (Wildman–Crippen MR) is 75.5 cm³/mol. The Morgan fingerprint density at radius 1 is 1.40 bits per heavy atom. The molecule has 110 valence electrons. The van der Waals surface area contributed by atoms with E-state index in [0.29, 0.717) is 19.6 Å². The van der Waals surface area contributed by atoms with Gasteiger partial charge in [-0.15, -0.1) is 11.6 Å². The Balaban J connectivity index is 2.33. The lowest BCUT2D eigenvalue weighted by Gasteiger charge is -2.29. The molecule has 1 aliphatic rings. The number of hydrogen-bond acceptors (Lipinski definition) is 4. The minimum atomic E-state index is -3.23. The maximum atomic E-state index is 11.6. The minimum Gasteiger partial charge on any atom is -0.379 e. The van der Waals surface area contributed by atoms with Gasteiger partial charge >= 0.3 is 0 Å². The summed E-state index contributed by atoms with van der Waals surface area (Å²) in [6.07, 6.45) is 1.79. The maximum absolute atomic E-state index is 11.6. The van der Waals surface area contributed by atoms with Gasteiger partial charge in [-0.1, -0.05) is 12.1 Å². The number of sulfone groups is 1. The number of amides is 1. The molecule has 1 fully saturated rings. The number of alkyl halides is 1. The summed E-state index contributed by atoms with van der Waals surface area (Å²) < 4.78 is 28.3. The average molecular weight is 318 g/mol. The number of carbonyl (C=O) groups excluding carboxylic acids is 1. The topological polar surface area (TPSA) is 72.5 Å². The summed E-state index contributed by atoms with van der Waals surface area (Å²) in [4.78, 5) is 11.8. The lowest BCUT2D eigenvalue weighted by Crippen LogP contribution is -2.47. The monoisotopic (exact) mass is 317 g/mol. The largest absolute Gasteiger partial charge is 0.379 e. The van der Waals surface area contributed by atoms with Crippen molar-refractivity contribution in [2.45, 2.75) is 16.9 Å². The second-order valence-electron chi connectivity index (χ2n) is 4.86. The van der Waals surface area contributed by atoms with Crippen molar-refractivity contribution >= 4 is 27.3 Å². The van der Waals surface area contributed by atoms with Gasteiger partial charge in [0.15, 0.2) is 9.84 Å². The lowest BCUT2D eigenvalue weighted by molar-refractivity contribution is -0.120. The van der Waals surface area contributed by atoms with Gasteiger partial charge in [-0.25, -0.2) is 8.42 Å². The number of nitrogens with one attached hydrogen (secondary N) is 1. The van der Waals surface area contributed by atoms with Crippen LogP contribution >= 0.6 is 11.6 Å². The van der Waals surface area contributed by atoms with Crippen LogP contribution in [0.4, 0.5) is 0 Å². The van der Waals surface area contributed by atoms with Crippen molar-refractivity contribution in [1.82, 2.24) is 5.32 Å². The summed E-state index contributed by atoms with van der Waals surface area (Å²) in [6, 6.07) is 6.49. The molecule has 5 nitrogen and oxygen atoms in total. The van der Waals surface area contributed by atoms with E-state index in [0.717, 1.165) is 11.8 Å². The maximum Gasteiger partial charge on any atom is 0.235 e. The third-order valence-electron chi connectivity index (χ3n) is 3.36. The van der Waals surface area contributed by atoms with E-state index in [4.69, 9.17) is 16.3 Å². The molecule has 0 radical (unpaired) electrons. The molecule has 0 saturated carbocycles. The van der Waals surface area contributed by atoms with Crippen molar-refractivity contribution in [2.75, 3.05) is 25.3 Å². The highest BCUT2D eigenvalue weighted by Crippen LogP contribution is 2.31. The van der Waals surface area contributed by atoms with E-state index in [1.807, 2.05) is 0 Å². The Morgan fingerprint density at radius 3 is 2.50 bits per heavy atom. The molecule has 0 bridgehead atoms. The summed E-state index contributed by atoms with van der Waals surface area (Å²) in [5, 5.41) is 2.87. The SMILES string of the molecule is CS(=O)(=O)c1ccc(C2(NC(=O)CCl)CCOC2)cc1. The second-order valence-corrected chi connectivity index (χ2v) is 7.15. The smallest absolute Gasteiger partial charge is 0.235 e. The van der Waals surface area contributed by atoms with Gasteiger partial charge in [-0.05, 0) is 17.7 Å². The van der Waals surface area contributed by atoms with Gasteiger partial charge in [0.2, 0.25) is 5.91 Å². The van der Waals surface area contributed by atoms with Crippen LogP contribution in [-0.2, 0) is 24.9 Å². The van der Waals surface area contributed by atoms with E-state index in [9.17, 15) is 13.2 Å². The fraction of sp³-hybridized carbons (Fsp3) is 0.462. The zero-order valence-corrected chi connectivity index (χ0v) is 12.6. The van der Waals surface area contributed by atoms with Crippen LogP contribution in [0.2, 0.25) is 0 Å². The van der Waals surface area contributed by atoms with Gasteiger partial charge in [-0.3, -0.25) is 4.79 Å². The number of rotatable bonds is 4. The number of ether oxygens (including phenoxy) is 1. The normalized spacial score (nSPS) is 22.7. The van der Waals surface area contributed by atoms with Crippen molar-refractivity contribution in [3.63, 3.8) is 0 Å². The second kappa shape index (κ2) is 5.71. The molecule has 0 aliphatic carbocycles. The molecule has 1 amide bonds. The van der Waals surface area contributed by atoms with Crippen LogP contribution in [0.25, 0.3) is 0 Å². The fourth-order valence-electron chi connectivity index (χ4n) is 2.28. The third-order valence-corrected chi connectivity index (χ3v) is 4.73. The molecule has 1 aromatic rings. The number of halogens is 1. The van der Waals surface area contributed by atoms with Crippen LogP contribution in [0.5, 0.6) is 0 Å². The van der Waals surface area contributed by atoms with E-state index in [1.54, 1.807) is 12.1 Å². The quantitative estimate of drug-likeness (QED) is 0.843. The van der Waals surface area contributed by atoms with Crippen molar-refractivity contribution in [3.05, 3.63) is 29.8 Å². The van der Waals surface area contributed by atoms with Gasteiger partial charge in [0.05, 0.1) is 17.0 Å². The Hall–Kier alpha value is -1.11. The Kier molecular flexibility index (Phi) is 4.36. The number of benzene rings is 1. The highest BCUT2D eigenvalue weighted by atomic mass is 35.5. The predicted octanol–water partition coefficient (Wildman–Crippen LogP) is 1.06. The number of hydrogen-bond donors (Lipinski definition) is 1. The van der Waals surface area contributed by atoms with Gasteiger partial charge in [0.1, 0.15) is 5.88 Å². The van der Waals surface area contributed by atoms with Crippen molar-refractivity contribution < 1.29 is 17.9 Å². The summed E-state index contributed by atoms with van der Waals surface area (Å²) in [5.41, 5.74) is 0.197. The first-order chi connectivity index (χ1) is 9.37. The van der Waals surface area contributed by atoms with Crippen LogP contribution in [0.15, 0.2) is 29.2 Å². The molecule has 0 aromatic heterocycles. The molecule has 1 N–H and O–H groups in total. The van der Waals surface area contributed by atoms with Gasteiger partial charge < -0.3 is 10.1 Å². The molecular formula is C13H16ClNO4S. The summed E-state index contributed by atoms with van der Waals surface area (Å²) >= 11 is 5.53. The summed E-state index contributed by atoms with van der Waals surface area (Å²) in [5.74, 6) is -0.396. The van der Waals surface area contributed by atoms with Gasteiger partial charge in [0, 0.05) is 19.3 Å². The van der Waals surface area contributed by atoms with Crippen LogP contribution in [-0.4, -0.2) is 39.7 Å². The summed E-state index contributed by atoms with van der Waals surface area (Å²) in [6.45, 7) is 0.893. The molecule has 1 unspecified atom stereocenters. The fourth-order valence-corrected chi connectivity index (χ4v) is 2.98. The minimum absolute atomic E-state index is 0.122. The van der Waals surface area contributed by atoms with Crippen molar-refractivity contribution in [2.24, 2.45) is 0 Å². The van der Waals surface area contributed by atoms with Crippen LogP contribution in [0.1, 0.15) is 12.0 Å². The molecule has 1 saturated heterocycles. The first-order valence-corrected chi connectivity index (χ1v) is 8.55.